The number of hydrogen-bond donors (Lipinski definition) is 1. The molecule has 1 aromatic carbocycles. The minimum Gasteiger partial charge on any atom is -0.455 e. The smallest absolute Gasteiger partial charge is 0.147 e. The molecule has 0 saturated heterocycles. The zero-order valence-corrected chi connectivity index (χ0v) is 12.4. The van der Waals surface area contributed by atoms with Gasteiger partial charge in [0.25, 0.3) is 0 Å². The zero-order valence-electron chi connectivity index (χ0n) is 12.4. The van der Waals surface area contributed by atoms with Crippen molar-refractivity contribution < 1.29 is 4.74 Å². The van der Waals surface area contributed by atoms with E-state index in [1.54, 1.807) is 6.20 Å². The van der Waals surface area contributed by atoms with E-state index in [0.29, 0.717) is 5.92 Å². The maximum Gasteiger partial charge on any atom is 0.147 e. The largest absolute Gasteiger partial charge is 0.455 e. The first-order valence-electron chi connectivity index (χ1n) is 7.16. The lowest BCUT2D eigenvalue weighted by molar-refractivity contribution is 0.471. The second kappa shape index (κ2) is 6.94. The summed E-state index contributed by atoms with van der Waals surface area (Å²) in [5.41, 5.74) is 2.20. The number of hydrogen-bond acceptors (Lipinski definition) is 3. The van der Waals surface area contributed by atoms with Crippen LogP contribution in [-0.4, -0.2) is 11.5 Å². The molecule has 3 nitrogen and oxygen atoms in total. The summed E-state index contributed by atoms with van der Waals surface area (Å²) in [6.45, 7) is 7.41. The number of rotatable bonds is 6. The van der Waals surface area contributed by atoms with Gasteiger partial charge in [-0.3, -0.25) is 4.98 Å². The first-order valence-corrected chi connectivity index (χ1v) is 7.16. The molecule has 0 unspecified atom stereocenters. The number of nitrogens with one attached hydrogen (secondary N) is 1. The average Bonchev–Trinajstić information content (AvgIpc) is 2.46. The van der Waals surface area contributed by atoms with Gasteiger partial charge in [0.2, 0.25) is 0 Å². The lowest BCUT2D eigenvalue weighted by atomic mass is 10.0. The Hall–Kier alpha value is -2.03. The Morgan fingerprint density at radius 3 is 2.75 bits per heavy atom. The van der Waals surface area contributed by atoms with E-state index in [1.807, 2.05) is 30.5 Å². The van der Waals surface area contributed by atoms with E-state index in [2.05, 4.69) is 37.1 Å². The lowest BCUT2D eigenvalue weighted by Crippen LogP contribution is -2.00. The van der Waals surface area contributed by atoms with Crippen molar-refractivity contribution in [3.63, 3.8) is 0 Å². The highest BCUT2D eigenvalue weighted by Crippen LogP contribution is 2.30. The van der Waals surface area contributed by atoms with Crippen molar-refractivity contribution in [3.8, 4) is 11.5 Å². The molecule has 3 heteroatoms. The summed E-state index contributed by atoms with van der Waals surface area (Å²) in [7, 11) is 0. The van der Waals surface area contributed by atoms with Crippen molar-refractivity contribution in [1.29, 1.82) is 0 Å². The monoisotopic (exact) mass is 270 g/mol. The van der Waals surface area contributed by atoms with Gasteiger partial charge in [-0.2, -0.15) is 0 Å². The molecular weight excluding hydrogens is 248 g/mol. The zero-order chi connectivity index (χ0) is 14.4. The van der Waals surface area contributed by atoms with Crippen LogP contribution in [0.4, 0.5) is 5.69 Å². The molecule has 0 fully saturated rings. The quantitative estimate of drug-likeness (QED) is 0.817. The summed E-state index contributed by atoms with van der Waals surface area (Å²) in [6.07, 6.45) is 4.65. The van der Waals surface area contributed by atoms with Crippen LogP contribution in [0.2, 0.25) is 0 Å². The fourth-order valence-electron chi connectivity index (χ4n) is 2.02. The number of nitrogens with zero attached hydrogens (tertiary/aromatic N) is 1. The second-order valence-corrected chi connectivity index (χ2v) is 5.13. The number of anilines is 1. The Morgan fingerprint density at radius 2 is 2.00 bits per heavy atom. The standard InChI is InChI=1S/C17H22N2O/c1-4-9-19-14-10-15(12-18-11-14)20-17-8-6-5-7-16(17)13(2)3/h5-8,10-13,19H,4,9H2,1-3H3. The molecule has 0 spiro atoms. The molecule has 1 heterocycles. The third-order valence-electron chi connectivity index (χ3n) is 3.06. The van der Waals surface area contributed by atoms with E-state index in [0.717, 1.165) is 30.2 Å². The van der Waals surface area contributed by atoms with Crippen molar-refractivity contribution in [1.82, 2.24) is 4.98 Å². The molecule has 2 aromatic rings. The van der Waals surface area contributed by atoms with Crippen LogP contribution in [-0.2, 0) is 0 Å². The van der Waals surface area contributed by atoms with Gasteiger partial charge in [-0.25, -0.2) is 0 Å². The van der Waals surface area contributed by atoms with E-state index in [1.165, 1.54) is 5.56 Å². The maximum absolute atomic E-state index is 5.99. The van der Waals surface area contributed by atoms with Gasteiger partial charge >= 0.3 is 0 Å². The van der Waals surface area contributed by atoms with Crippen molar-refractivity contribution in [2.75, 3.05) is 11.9 Å². The summed E-state index contributed by atoms with van der Waals surface area (Å²) < 4.78 is 5.99. The first-order chi connectivity index (χ1) is 9.70. The lowest BCUT2D eigenvalue weighted by Gasteiger charge is -2.14. The molecule has 1 N–H and O–H groups in total. The van der Waals surface area contributed by atoms with Gasteiger partial charge in [-0.05, 0) is 24.0 Å². The number of ether oxygens (including phenoxy) is 1. The minimum atomic E-state index is 0.431. The van der Waals surface area contributed by atoms with Gasteiger partial charge in [0.1, 0.15) is 11.5 Å². The van der Waals surface area contributed by atoms with Gasteiger partial charge < -0.3 is 10.1 Å². The van der Waals surface area contributed by atoms with Crippen LogP contribution >= 0.6 is 0 Å². The predicted octanol–water partition coefficient (Wildman–Crippen LogP) is 4.82. The summed E-state index contributed by atoms with van der Waals surface area (Å²) in [4.78, 5) is 4.22. The van der Waals surface area contributed by atoms with Gasteiger partial charge in [-0.1, -0.05) is 39.0 Å². The fourth-order valence-corrected chi connectivity index (χ4v) is 2.02. The highest BCUT2D eigenvalue weighted by molar-refractivity contribution is 5.47. The third-order valence-corrected chi connectivity index (χ3v) is 3.06. The number of aromatic nitrogens is 1. The Kier molecular flexibility index (Phi) is 4.99. The van der Waals surface area contributed by atoms with E-state index in [4.69, 9.17) is 4.74 Å². The van der Waals surface area contributed by atoms with Gasteiger partial charge in [0.05, 0.1) is 18.1 Å². The molecule has 0 aliphatic carbocycles. The normalized spacial score (nSPS) is 10.6. The molecule has 0 aliphatic heterocycles. The van der Waals surface area contributed by atoms with Crippen LogP contribution in [0.25, 0.3) is 0 Å². The molecular formula is C17H22N2O. The average molecular weight is 270 g/mol. The SMILES string of the molecule is CCCNc1cncc(Oc2ccccc2C(C)C)c1. The number of pyridine rings is 1. The van der Waals surface area contributed by atoms with Crippen LogP contribution in [0, 0.1) is 0 Å². The van der Waals surface area contributed by atoms with E-state index >= 15 is 0 Å². The summed E-state index contributed by atoms with van der Waals surface area (Å²) in [5, 5.41) is 3.32. The highest BCUT2D eigenvalue weighted by Gasteiger charge is 2.08. The second-order valence-electron chi connectivity index (χ2n) is 5.13. The van der Waals surface area contributed by atoms with Crippen molar-refractivity contribution in [3.05, 3.63) is 48.3 Å². The molecule has 0 bridgehead atoms. The van der Waals surface area contributed by atoms with Crippen LogP contribution < -0.4 is 10.1 Å². The van der Waals surface area contributed by atoms with Crippen molar-refractivity contribution >= 4 is 5.69 Å². The molecule has 0 radical (unpaired) electrons. The molecule has 1 aromatic heterocycles. The first kappa shape index (κ1) is 14.4. The minimum absolute atomic E-state index is 0.431. The van der Waals surface area contributed by atoms with Crippen LogP contribution in [0.1, 0.15) is 38.7 Å². The van der Waals surface area contributed by atoms with E-state index in [9.17, 15) is 0 Å². The van der Waals surface area contributed by atoms with Gasteiger partial charge in [-0.15, -0.1) is 0 Å². The highest BCUT2D eigenvalue weighted by atomic mass is 16.5. The Labute approximate surface area is 121 Å². The van der Waals surface area contributed by atoms with Gasteiger partial charge in [0.15, 0.2) is 0 Å². The fraction of sp³-hybridized carbons (Fsp3) is 0.353. The number of benzene rings is 1. The van der Waals surface area contributed by atoms with Crippen LogP contribution in [0.15, 0.2) is 42.7 Å². The molecule has 0 aliphatic rings. The molecule has 0 amide bonds. The Bertz CT molecular complexity index is 552. The Morgan fingerprint density at radius 1 is 1.20 bits per heavy atom. The van der Waals surface area contributed by atoms with E-state index in [-0.39, 0.29) is 0 Å². The molecule has 0 atom stereocenters. The third kappa shape index (κ3) is 3.73. The van der Waals surface area contributed by atoms with Crippen LogP contribution in [0.5, 0.6) is 11.5 Å². The predicted molar refractivity (Wildman–Crippen MR) is 83.6 cm³/mol. The summed E-state index contributed by atoms with van der Waals surface area (Å²) in [5.74, 6) is 2.09. The maximum atomic E-state index is 5.99. The van der Waals surface area contributed by atoms with Crippen molar-refractivity contribution in [2.45, 2.75) is 33.1 Å². The molecule has 0 saturated carbocycles. The van der Waals surface area contributed by atoms with Crippen LogP contribution in [0.3, 0.4) is 0 Å². The topological polar surface area (TPSA) is 34.2 Å². The Balaban J connectivity index is 2.17. The summed E-state index contributed by atoms with van der Waals surface area (Å²) >= 11 is 0. The molecule has 2 rings (SSSR count). The van der Waals surface area contributed by atoms with Crippen molar-refractivity contribution in [2.24, 2.45) is 0 Å². The summed E-state index contributed by atoms with van der Waals surface area (Å²) in [6, 6.07) is 10.1. The number of para-hydroxylation sites is 1. The van der Waals surface area contributed by atoms with E-state index < -0.39 is 0 Å². The molecule has 106 valence electrons. The van der Waals surface area contributed by atoms with Gasteiger partial charge in [0, 0.05) is 12.6 Å². The molecule has 20 heavy (non-hydrogen) atoms.